The summed E-state index contributed by atoms with van der Waals surface area (Å²) in [5.41, 5.74) is 0.873. The highest BCUT2D eigenvalue weighted by Crippen LogP contribution is 2.18. The number of hydrogen-bond acceptors (Lipinski definition) is 9. The lowest BCUT2D eigenvalue weighted by Gasteiger charge is -2.23. The predicted octanol–water partition coefficient (Wildman–Crippen LogP) is 2.87. The Balaban J connectivity index is 1.91. The van der Waals surface area contributed by atoms with Gasteiger partial charge in [-0.15, -0.1) is 0 Å². The van der Waals surface area contributed by atoms with Crippen LogP contribution in [0.3, 0.4) is 0 Å². The molecule has 17 nitrogen and oxygen atoms in total. The van der Waals surface area contributed by atoms with E-state index >= 15 is 0 Å². The van der Waals surface area contributed by atoms with Crippen molar-refractivity contribution in [3.8, 4) is 0 Å². The third-order valence-corrected chi connectivity index (χ3v) is 7.17. The number of carboxylic acids is 2. The molecule has 2 rings (SSSR count). The van der Waals surface area contributed by atoms with Crippen molar-refractivity contribution in [3.05, 3.63) is 64.2 Å². The number of urea groups is 1. The van der Waals surface area contributed by atoms with Gasteiger partial charge in [0.05, 0.1) is 11.3 Å². The third-order valence-electron chi connectivity index (χ3n) is 7.17. The molecule has 278 valence electrons. The van der Waals surface area contributed by atoms with Crippen molar-refractivity contribution in [1.29, 1.82) is 0 Å². The zero-order valence-corrected chi connectivity index (χ0v) is 29.3. The Morgan fingerprint density at radius 2 is 1.29 bits per heavy atom. The van der Waals surface area contributed by atoms with E-state index in [-0.39, 0.29) is 55.8 Å². The molecule has 5 amide bonds. The normalized spacial score (nSPS) is 12.9. The average molecular weight is 714 g/mol. The SMILES string of the molecule is CC(C)CC(NC(=O)Cc1ccc(NC(=O)Nc2ccc([N+](=O)[O-])cc2)cc1)C(=O)NC(CCNCC(NC(=O)CC(C)(C)C)C(=O)O)C(=O)O. The third kappa shape index (κ3) is 16.1. The first-order valence-electron chi connectivity index (χ1n) is 16.3. The topological polar surface area (TPSA) is 258 Å². The van der Waals surface area contributed by atoms with E-state index in [1.54, 1.807) is 24.3 Å². The first kappa shape index (κ1) is 41.6. The van der Waals surface area contributed by atoms with Gasteiger partial charge in [0.15, 0.2) is 0 Å². The lowest BCUT2D eigenvalue weighted by molar-refractivity contribution is -0.384. The molecule has 0 heterocycles. The first-order valence-corrected chi connectivity index (χ1v) is 16.3. The second-order valence-electron chi connectivity index (χ2n) is 13.6. The fraction of sp³-hybridized carbons (Fsp3) is 0.471. The van der Waals surface area contributed by atoms with Gasteiger partial charge in [0.1, 0.15) is 18.1 Å². The molecular weight excluding hydrogens is 666 g/mol. The molecular formula is C34H47N7O10. The highest BCUT2D eigenvalue weighted by Gasteiger charge is 2.28. The number of hydrogen-bond donors (Lipinski definition) is 8. The number of carbonyl (C=O) groups is 6. The van der Waals surface area contributed by atoms with Crippen molar-refractivity contribution in [1.82, 2.24) is 21.3 Å². The Hall–Kier alpha value is -5.58. The molecule has 0 saturated carbocycles. The van der Waals surface area contributed by atoms with Crippen LogP contribution in [-0.4, -0.2) is 82.0 Å². The smallest absolute Gasteiger partial charge is 0.327 e. The maximum Gasteiger partial charge on any atom is 0.327 e. The number of nitro groups is 1. The predicted molar refractivity (Wildman–Crippen MR) is 188 cm³/mol. The summed E-state index contributed by atoms with van der Waals surface area (Å²) < 4.78 is 0. The van der Waals surface area contributed by atoms with Crippen LogP contribution in [0.25, 0.3) is 0 Å². The van der Waals surface area contributed by atoms with Crippen LogP contribution in [0.1, 0.15) is 59.4 Å². The van der Waals surface area contributed by atoms with Crippen LogP contribution < -0.4 is 31.9 Å². The Morgan fingerprint density at radius 1 is 0.765 bits per heavy atom. The van der Waals surface area contributed by atoms with Gasteiger partial charge in [-0.25, -0.2) is 14.4 Å². The number of aliphatic carboxylic acids is 2. The molecule has 2 aromatic rings. The van der Waals surface area contributed by atoms with E-state index in [9.17, 15) is 49.1 Å². The number of carboxylic acid groups (broad SMARTS) is 2. The summed E-state index contributed by atoms with van der Waals surface area (Å²) in [5.74, 6) is -4.22. The minimum atomic E-state index is -1.34. The molecule has 0 radical (unpaired) electrons. The summed E-state index contributed by atoms with van der Waals surface area (Å²) in [4.78, 5) is 84.4. The highest BCUT2D eigenvalue weighted by atomic mass is 16.6. The van der Waals surface area contributed by atoms with E-state index in [1.807, 2.05) is 34.6 Å². The Morgan fingerprint density at radius 3 is 1.78 bits per heavy atom. The van der Waals surface area contributed by atoms with E-state index in [0.717, 1.165) is 0 Å². The molecule has 3 unspecified atom stereocenters. The van der Waals surface area contributed by atoms with Crippen molar-refractivity contribution < 1.29 is 43.9 Å². The number of rotatable bonds is 19. The lowest BCUT2D eigenvalue weighted by Crippen LogP contribution is -2.53. The number of benzene rings is 2. The van der Waals surface area contributed by atoms with E-state index in [2.05, 4.69) is 31.9 Å². The number of amides is 5. The summed E-state index contributed by atoms with van der Waals surface area (Å²) in [7, 11) is 0. The average Bonchev–Trinajstić information content (AvgIpc) is 3.01. The molecule has 0 aliphatic carbocycles. The minimum absolute atomic E-state index is 0.0148. The highest BCUT2D eigenvalue weighted by molar-refractivity contribution is 5.99. The van der Waals surface area contributed by atoms with Gasteiger partial charge in [-0.2, -0.15) is 0 Å². The quantitative estimate of drug-likeness (QED) is 0.0596. The zero-order valence-electron chi connectivity index (χ0n) is 29.3. The van der Waals surface area contributed by atoms with Crippen molar-refractivity contribution in [2.75, 3.05) is 23.7 Å². The second kappa shape index (κ2) is 19.6. The van der Waals surface area contributed by atoms with Crippen molar-refractivity contribution in [3.63, 3.8) is 0 Å². The van der Waals surface area contributed by atoms with Crippen LogP contribution in [-0.2, 0) is 30.4 Å². The summed E-state index contributed by atoms with van der Waals surface area (Å²) in [6.45, 7) is 9.06. The van der Waals surface area contributed by atoms with Gasteiger partial charge in [-0.05, 0) is 60.5 Å². The second-order valence-corrected chi connectivity index (χ2v) is 13.6. The molecule has 51 heavy (non-hydrogen) atoms. The lowest BCUT2D eigenvalue weighted by atomic mass is 9.92. The van der Waals surface area contributed by atoms with Crippen LogP contribution in [0.4, 0.5) is 21.9 Å². The number of carbonyl (C=O) groups excluding carboxylic acids is 4. The Bertz CT molecular complexity index is 1540. The van der Waals surface area contributed by atoms with Crippen molar-refractivity contribution in [2.45, 2.75) is 78.4 Å². The number of nitrogens with zero attached hydrogens (tertiary/aromatic N) is 1. The summed E-state index contributed by atoms with van der Waals surface area (Å²) in [6.07, 6.45) is 0.138. The maximum absolute atomic E-state index is 13.2. The van der Waals surface area contributed by atoms with Gasteiger partial charge >= 0.3 is 18.0 Å². The van der Waals surface area contributed by atoms with Crippen LogP contribution in [0.15, 0.2) is 48.5 Å². The molecule has 0 aromatic heterocycles. The number of non-ortho nitro benzene ring substituents is 1. The van der Waals surface area contributed by atoms with Gasteiger partial charge in [-0.1, -0.05) is 46.8 Å². The molecule has 8 N–H and O–H groups in total. The Kier molecular flexibility index (Phi) is 16.0. The minimum Gasteiger partial charge on any atom is -0.480 e. The Labute approximate surface area is 295 Å². The largest absolute Gasteiger partial charge is 0.480 e. The van der Waals surface area contributed by atoms with Crippen LogP contribution in [0.2, 0.25) is 0 Å². The molecule has 0 aliphatic rings. The van der Waals surface area contributed by atoms with E-state index in [4.69, 9.17) is 0 Å². The van der Waals surface area contributed by atoms with Crippen LogP contribution >= 0.6 is 0 Å². The molecule has 0 fully saturated rings. The van der Waals surface area contributed by atoms with Gasteiger partial charge in [0.25, 0.3) is 5.69 Å². The summed E-state index contributed by atoms with van der Waals surface area (Å²) in [5, 5.41) is 45.5. The first-order chi connectivity index (χ1) is 23.8. The molecule has 0 saturated heterocycles. The number of anilines is 2. The van der Waals surface area contributed by atoms with Gasteiger partial charge < -0.3 is 42.1 Å². The molecule has 3 atom stereocenters. The van der Waals surface area contributed by atoms with Crippen molar-refractivity contribution in [2.24, 2.45) is 11.3 Å². The number of nitrogens with one attached hydrogen (secondary N) is 6. The molecule has 17 heteroatoms. The van der Waals surface area contributed by atoms with Crippen LogP contribution in [0, 0.1) is 21.4 Å². The standard InChI is InChI=1S/C34H47N7O10/c1-20(2)16-26(30(44)40-25(31(45)46)14-15-35-19-27(32(47)48)39-29(43)18-34(3,4)5)38-28(42)17-21-6-8-22(9-7-21)36-33(49)37-23-10-12-24(13-11-23)41(50)51/h6-13,20,25-27,35H,14-19H2,1-5H3,(H,38,42)(H,39,43)(H,40,44)(H,45,46)(H,47,48)(H2,36,37,49). The summed E-state index contributed by atoms with van der Waals surface area (Å²) in [6, 6.07) is 7.46. The maximum atomic E-state index is 13.2. The molecule has 0 bridgehead atoms. The monoisotopic (exact) mass is 713 g/mol. The van der Waals surface area contributed by atoms with Crippen LogP contribution in [0.5, 0.6) is 0 Å². The fourth-order valence-corrected chi connectivity index (χ4v) is 4.75. The molecule has 2 aromatic carbocycles. The molecule has 0 spiro atoms. The van der Waals surface area contributed by atoms with Crippen molar-refractivity contribution >= 4 is 52.8 Å². The van der Waals surface area contributed by atoms with Gasteiger partial charge in [0, 0.05) is 36.5 Å². The van der Waals surface area contributed by atoms with E-state index in [0.29, 0.717) is 16.9 Å². The fourth-order valence-electron chi connectivity index (χ4n) is 4.75. The number of nitro benzene ring substituents is 1. The van der Waals surface area contributed by atoms with E-state index in [1.165, 1.54) is 24.3 Å². The summed E-state index contributed by atoms with van der Waals surface area (Å²) >= 11 is 0. The van der Waals surface area contributed by atoms with Gasteiger partial charge in [-0.3, -0.25) is 24.5 Å². The molecule has 0 aliphatic heterocycles. The zero-order chi connectivity index (χ0) is 38.3. The van der Waals surface area contributed by atoms with Gasteiger partial charge in [0.2, 0.25) is 17.7 Å². The van der Waals surface area contributed by atoms with E-state index < -0.39 is 58.7 Å².